The van der Waals surface area contributed by atoms with E-state index in [4.69, 9.17) is 0 Å². The molecule has 1 fully saturated rings. The van der Waals surface area contributed by atoms with Crippen LogP contribution >= 0.6 is 11.3 Å². The van der Waals surface area contributed by atoms with Crippen LogP contribution in [0.3, 0.4) is 0 Å². The Balaban J connectivity index is 1.47. The SMILES string of the molecule is Cc1cccc(C2c3ccsc3CCN2C(=O)CCC(=O)N2CCN(C)CC2)c1. The first-order valence-electron chi connectivity index (χ1n) is 10.4. The van der Waals surface area contributed by atoms with Gasteiger partial charge in [0.1, 0.15) is 0 Å². The molecule has 4 rings (SSSR count). The molecule has 0 bridgehead atoms. The Labute approximate surface area is 176 Å². The lowest BCUT2D eigenvalue weighted by Gasteiger charge is -2.37. The molecule has 2 aliphatic heterocycles. The van der Waals surface area contributed by atoms with E-state index in [0.717, 1.165) is 38.2 Å². The fourth-order valence-corrected chi connectivity index (χ4v) is 5.26. The average molecular weight is 412 g/mol. The van der Waals surface area contributed by atoms with Crippen molar-refractivity contribution < 1.29 is 9.59 Å². The Hall–Kier alpha value is -2.18. The summed E-state index contributed by atoms with van der Waals surface area (Å²) in [5.74, 6) is 0.183. The van der Waals surface area contributed by atoms with Crippen LogP contribution in [0.25, 0.3) is 0 Å². The first-order chi connectivity index (χ1) is 14.0. The Morgan fingerprint density at radius 1 is 1.03 bits per heavy atom. The van der Waals surface area contributed by atoms with Crippen molar-refractivity contribution in [3.8, 4) is 0 Å². The highest BCUT2D eigenvalue weighted by atomic mass is 32.1. The number of rotatable bonds is 4. The monoisotopic (exact) mass is 411 g/mol. The Bertz CT molecular complexity index is 886. The van der Waals surface area contributed by atoms with Crippen LogP contribution in [0.2, 0.25) is 0 Å². The molecule has 1 aromatic carbocycles. The minimum absolute atomic E-state index is 0.0452. The van der Waals surface area contributed by atoms with Gasteiger partial charge in [-0.05, 0) is 43.0 Å². The van der Waals surface area contributed by atoms with Gasteiger partial charge in [-0.25, -0.2) is 0 Å². The van der Waals surface area contributed by atoms with E-state index < -0.39 is 0 Å². The van der Waals surface area contributed by atoms with Crippen molar-refractivity contribution in [1.29, 1.82) is 0 Å². The third-order valence-corrected chi connectivity index (χ3v) is 7.05. The van der Waals surface area contributed by atoms with Crippen LogP contribution in [0, 0.1) is 6.92 Å². The van der Waals surface area contributed by atoms with Gasteiger partial charge < -0.3 is 14.7 Å². The molecule has 154 valence electrons. The summed E-state index contributed by atoms with van der Waals surface area (Å²) in [6.45, 7) is 6.13. The van der Waals surface area contributed by atoms with Gasteiger partial charge in [0.2, 0.25) is 11.8 Å². The van der Waals surface area contributed by atoms with Gasteiger partial charge in [-0.2, -0.15) is 0 Å². The van der Waals surface area contributed by atoms with Crippen molar-refractivity contribution in [3.05, 3.63) is 57.3 Å². The highest BCUT2D eigenvalue weighted by Gasteiger charge is 2.33. The summed E-state index contributed by atoms with van der Waals surface area (Å²) in [5.41, 5.74) is 3.59. The topological polar surface area (TPSA) is 43.9 Å². The third-order valence-electron chi connectivity index (χ3n) is 6.05. The van der Waals surface area contributed by atoms with E-state index in [-0.39, 0.29) is 24.3 Å². The number of nitrogens with zero attached hydrogens (tertiary/aromatic N) is 3. The second-order valence-electron chi connectivity index (χ2n) is 8.14. The second-order valence-corrected chi connectivity index (χ2v) is 9.14. The lowest BCUT2D eigenvalue weighted by Crippen LogP contribution is -2.47. The highest BCUT2D eigenvalue weighted by Crippen LogP contribution is 2.38. The zero-order valence-corrected chi connectivity index (χ0v) is 18.1. The standard InChI is InChI=1S/C23H29N3O2S/c1-17-4-3-5-18(16-17)23-19-9-15-29-20(19)8-10-26(23)22(28)7-6-21(27)25-13-11-24(2)12-14-25/h3-5,9,15-16,23H,6-8,10-14H2,1-2H3. The number of benzene rings is 1. The van der Waals surface area contributed by atoms with Crippen LogP contribution in [0.1, 0.15) is 40.5 Å². The first kappa shape index (κ1) is 20.1. The molecular formula is C23H29N3O2S. The number of likely N-dealkylation sites (N-methyl/N-ethyl adjacent to an activating group) is 1. The lowest BCUT2D eigenvalue weighted by molar-refractivity contribution is -0.139. The quantitative estimate of drug-likeness (QED) is 0.777. The number of amides is 2. The molecule has 1 aromatic heterocycles. The van der Waals surface area contributed by atoms with Crippen LogP contribution in [-0.4, -0.2) is 66.3 Å². The van der Waals surface area contributed by atoms with Gasteiger partial charge >= 0.3 is 0 Å². The molecule has 1 unspecified atom stereocenters. The summed E-state index contributed by atoms with van der Waals surface area (Å²) in [4.78, 5) is 33.3. The minimum Gasteiger partial charge on any atom is -0.340 e. The maximum Gasteiger partial charge on any atom is 0.223 e. The summed E-state index contributed by atoms with van der Waals surface area (Å²) in [7, 11) is 2.08. The smallest absolute Gasteiger partial charge is 0.223 e. The molecule has 1 saturated heterocycles. The normalized spacial score (nSPS) is 19.9. The Morgan fingerprint density at radius 3 is 2.55 bits per heavy atom. The van der Waals surface area contributed by atoms with Crippen LogP contribution in [0.5, 0.6) is 0 Å². The van der Waals surface area contributed by atoms with Crippen LogP contribution in [0.15, 0.2) is 35.7 Å². The van der Waals surface area contributed by atoms with E-state index in [2.05, 4.69) is 54.6 Å². The number of hydrogen-bond acceptors (Lipinski definition) is 4. The molecule has 6 heteroatoms. The summed E-state index contributed by atoms with van der Waals surface area (Å²) >= 11 is 1.78. The van der Waals surface area contributed by atoms with E-state index in [0.29, 0.717) is 13.0 Å². The van der Waals surface area contributed by atoms with Gasteiger partial charge in [-0.1, -0.05) is 29.8 Å². The maximum atomic E-state index is 13.2. The molecule has 3 heterocycles. The molecule has 0 radical (unpaired) electrons. The Morgan fingerprint density at radius 2 is 1.79 bits per heavy atom. The van der Waals surface area contributed by atoms with Gasteiger partial charge in [0, 0.05) is 50.4 Å². The first-order valence-corrected chi connectivity index (χ1v) is 11.3. The number of carbonyl (C=O) groups excluding carboxylic acids is 2. The van der Waals surface area contributed by atoms with Gasteiger partial charge in [-0.15, -0.1) is 11.3 Å². The van der Waals surface area contributed by atoms with Crippen molar-refractivity contribution in [3.63, 3.8) is 0 Å². The molecular weight excluding hydrogens is 382 g/mol. The fourth-order valence-electron chi connectivity index (χ4n) is 4.36. The molecule has 0 spiro atoms. The third kappa shape index (κ3) is 4.38. The van der Waals surface area contributed by atoms with Crippen molar-refractivity contribution in [2.75, 3.05) is 39.8 Å². The van der Waals surface area contributed by atoms with Crippen molar-refractivity contribution >= 4 is 23.2 Å². The van der Waals surface area contributed by atoms with E-state index in [9.17, 15) is 9.59 Å². The molecule has 1 atom stereocenters. The zero-order chi connectivity index (χ0) is 20.4. The molecule has 0 N–H and O–H groups in total. The predicted molar refractivity (Wildman–Crippen MR) is 116 cm³/mol. The summed E-state index contributed by atoms with van der Waals surface area (Å²) in [6, 6.07) is 10.5. The second kappa shape index (κ2) is 8.67. The maximum absolute atomic E-state index is 13.2. The summed E-state index contributed by atoms with van der Waals surface area (Å²) in [6.07, 6.45) is 1.48. The fraction of sp³-hybridized carbons (Fsp3) is 0.478. The van der Waals surface area contributed by atoms with Gasteiger partial charge in [-0.3, -0.25) is 9.59 Å². The molecule has 0 aliphatic carbocycles. The predicted octanol–water partition coefficient (Wildman–Crippen LogP) is 3.08. The minimum atomic E-state index is -0.0452. The lowest BCUT2D eigenvalue weighted by atomic mass is 9.92. The highest BCUT2D eigenvalue weighted by molar-refractivity contribution is 7.10. The summed E-state index contributed by atoms with van der Waals surface area (Å²) in [5, 5.41) is 2.12. The number of piperazine rings is 1. The molecule has 5 nitrogen and oxygen atoms in total. The van der Waals surface area contributed by atoms with E-state index >= 15 is 0 Å². The number of thiophene rings is 1. The van der Waals surface area contributed by atoms with E-state index in [1.165, 1.54) is 16.0 Å². The molecule has 2 amide bonds. The largest absolute Gasteiger partial charge is 0.340 e. The van der Waals surface area contributed by atoms with Gasteiger partial charge in [0.05, 0.1) is 6.04 Å². The van der Waals surface area contributed by atoms with Crippen molar-refractivity contribution in [2.24, 2.45) is 0 Å². The number of fused-ring (bicyclic) bond motifs is 1. The number of hydrogen-bond donors (Lipinski definition) is 0. The number of aryl methyl sites for hydroxylation is 1. The Kier molecular flexibility index (Phi) is 6.01. The van der Waals surface area contributed by atoms with Crippen molar-refractivity contribution in [1.82, 2.24) is 14.7 Å². The number of carbonyl (C=O) groups is 2. The van der Waals surface area contributed by atoms with Crippen molar-refractivity contribution in [2.45, 2.75) is 32.2 Å². The zero-order valence-electron chi connectivity index (χ0n) is 17.3. The molecule has 29 heavy (non-hydrogen) atoms. The van der Waals surface area contributed by atoms with Gasteiger partial charge in [0.25, 0.3) is 0 Å². The molecule has 0 saturated carbocycles. The average Bonchev–Trinajstić information content (AvgIpc) is 3.20. The van der Waals surface area contributed by atoms with E-state index in [1.54, 1.807) is 11.3 Å². The van der Waals surface area contributed by atoms with Crippen LogP contribution < -0.4 is 0 Å². The van der Waals surface area contributed by atoms with Gasteiger partial charge in [0.15, 0.2) is 0 Å². The molecule has 2 aromatic rings. The van der Waals surface area contributed by atoms with E-state index in [1.807, 2.05) is 9.80 Å². The summed E-state index contributed by atoms with van der Waals surface area (Å²) < 4.78 is 0. The van der Waals surface area contributed by atoms with Crippen LogP contribution in [0.4, 0.5) is 0 Å². The van der Waals surface area contributed by atoms with Crippen LogP contribution in [-0.2, 0) is 16.0 Å². The molecule has 2 aliphatic rings.